The molecule has 0 unspecified atom stereocenters. The van der Waals surface area contributed by atoms with Gasteiger partial charge in [-0.15, -0.1) is 0 Å². The van der Waals surface area contributed by atoms with Gasteiger partial charge in [0.25, 0.3) is 0 Å². The van der Waals surface area contributed by atoms with Crippen LogP contribution in [0.2, 0.25) is 5.02 Å². The van der Waals surface area contributed by atoms with E-state index in [1.165, 1.54) is 0 Å². The molecule has 1 aromatic heterocycles. The molecular weight excluding hydrogens is 326 g/mol. The number of halogens is 1. The van der Waals surface area contributed by atoms with Gasteiger partial charge in [-0.25, -0.2) is 0 Å². The molecule has 3 aromatic rings. The highest BCUT2D eigenvalue weighted by Gasteiger charge is 2.09. The average Bonchev–Trinajstić information content (AvgIpc) is 3.06. The largest absolute Gasteiger partial charge is 0.400 e. The second kappa shape index (κ2) is 9.88. The highest BCUT2D eigenvalue weighted by atomic mass is 35.5. The predicted octanol–water partition coefficient (Wildman–Crippen LogP) is 4.43. The fraction of sp³-hybridized carbons (Fsp3) is 0.211. The van der Waals surface area contributed by atoms with E-state index in [1.807, 2.05) is 50.2 Å². The Hall–Kier alpha value is -2.14. The number of aromatic nitrogens is 1. The van der Waals surface area contributed by atoms with E-state index in [4.69, 9.17) is 21.8 Å². The van der Waals surface area contributed by atoms with Gasteiger partial charge in [-0.3, -0.25) is 4.79 Å². The summed E-state index contributed by atoms with van der Waals surface area (Å²) in [5.41, 5.74) is 4.12. The van der Waals surface area contributed by atoms with Crippen molar-refractivity contribution in [2.45, 2.75) is 20.5 Å². The fourth-order valence-corrected chi connectivity index (χ4v) is 2.55. The summed E-state index contributed by atoms with van der Waals surface area (Å²) >= 11 is 6.31. The first-order valence-corrected chi connectivity index (χ1v) is 8.01. The zero-order valence-corrected chi connectivity index (χ0v) is 14.8. The lowest BCUT2D eigenvalue weighted by Crippen LogP contribution is -1.85. The summed E-state index contributed by atoms with van der Waals surface area (Å²) in [6.07, 6.45) is 2.50. The molecule has 0 spiro atoms. The number of aldehydes is 1. The SMILES string of the molecule is CC.CO.O=Cc1c[nH]c2cc(Cl)c(-c3ccc(CO)cc3)cc12. The van der Waals surface area contributed by atoms with E-state index < -0.39 is 0 Å². The Labute approximate surface area is 146 Å². The van der Waals surface area contributed by atoms with E-state index in [1.54, 1.807) is 6.20 Å². The quantitative estimate of drug-likeness (QED) is 0.614. The van der Waals surface area contributed by atoms with Crippen LogP contribution in [0.15, 0.2) is 42.6 Å². The van der Waals surface area contributed by atoms with Gasteiger partial charge in [0, 0.05) is 35.3 Å². The number of carbonyl (C=O) groups excluding carboxylic acids is 1. The predicted molar refractivity (Wildman–Crippen MR) is 99.5 cm³/mol. The summed E-state index contributed by atoms with van der Waals surface area (Å²) in [6.45, 7) is 4.01. The second-order valence-corrected chi connectivity index (χ2v) is 5.00. The molecule has 0 aliphatic rings. The molecule has 4 nitrogen and oxygen atoms in total. The molecule has 0 amide bonds. The van der Waals surface area contributed by atoms with Gasteiger partial charge >= 0.3 is 0 Å². The maximum atomic E-state index is 11.0. The van der Waals surface area contributed by atoms with Crippen LogP contribution in [0.5, 0.6) is 0 Å². The highest BCUT2D eigenvalue weighted by Crippen LogP contribution is 2.33. The zero-order chi connectivity index (χ0) is 18.1. The van der Waals surface area contributed by atoms with E-state index in [9.17, 15) is 4.79 Å². The molecule has 0 fully saturated rings. The number of aromatic amines is 1. The third kappa shape index (κ3) is 4.23. The molecular formula is C19H22ClNO3. The van der Waals surface area contributed by atoms with Gasteiger partial charge in [-0.2, -0.15) is 0 Å². The number of rotatable bonds is 3. The zero-order valence-electron chi connectivity index (χ0n) is 14.0. The van der Waals surface area contributed by atoms with Crippen molar-refractivity contribution in [1.29, 1.82) is 0 Å². The van der Waals surface area contributed by atoms with Crippen LogP contribution in [0.3, 0.4) is 0 Å². The van der Waals surface area contributed by atoms with Crippen molar-refractivity contribution in [1.82, 2.24) is 4.98 Å². The highest BCUT2D eigenvalue weighted by molar-refractivity contribution is 6.34. The summed E-state index contributed by atoms with van der Waals surface area (Å²) in [5, 5.41) is 17.5. The molecule has 0 saturated carbocycles. The number of hydrogen-bond acceptors (Lipinski definition) is 3. The summed E-state index contributed by atoms with van der Waals surface area (Å²) in [7, 11) is 1.00. The van der Waals surface area contributed by atoms with Crippen molar-refractivity contribution in [2.75, 3.05) is 7.11 Å². The van der Waals surface area contributed by atoms with Crippen molar-refractivity contribution in [3.63, 3.8) is 0 Å². The van der Waals surface area contributed by atoms with Gasteiger partial charge in [0.05, 0.1) is 11.6 Å². The van der Waals surface area contributed by atoms with Crippen molar-refractivity contribution in [2.24, 2.45) is 0 Å². The molecule has 0 saturated heterocycles. The smallest absolute Gasteiger partial charge is 0.152 e. The lowest BCUT2D eigenvalue weighted by molar-refractivity contribution is 0.112. The van der Waals surface area contributed by atoms with Gasteiger partial charge < -0.3 is 15.2 Å². The van der Waals surface area contributed by atoms with E-state index in [2.05, 4.69) is 4.98 Å². The number of aliphatic hydroxyl groups excluding tert-OH is 2. The Morgan fingerprint density at radius 3 is 2.29 bits per heavy atom. The maximum Gasteiger partial charge on any atom is 0.152 e. The van der Waals surface area contributed by atoms with Crippen LogP contribution in [0, 0.1) is 0 Å². The van der Waals surface area contributed by atoms with Gasteiger partial charge in [0.15, 0.2) is 6.29 Å². The van der Waals surface area contributed by atoms with E-state index >= 15 is 0 Å². The molecule has 128 valence electrons. The minimum Gasteiger partial charge on any atom is -0.400 e. The van der Waals surface area contributed by atoms with Crippen LogP contribution in [0.25, 0.3) is 22.0 Å². The number of hydrogen-bond donors (Lipinski definition) is 3. The monoisotopic (exact) mass is 347 g/mol. The Morgan fingerprint density at radius 1 is 1.12 bits per heavy atom. The van der Waals surface area contributed by atoms with E-state index in [-0.39, 0.29) is 6.61 Å². The molecule has 0 atom stereocenters. The van der Waals surface area contributed by atoms with Crippen LogP contribution in [-0.4, -0.2) is 28.6 Å². The Kier molecular flexibility index (Phi) is 8.19. The van der Waals surface area contributed by atoms with Crippen molar-refractivity contribution in [3.8, 4) is 11.1 Å². The van der Waals surface area contributed by atoms with Gasteiger partial charge in [-0.1, -0.05) is 49.7 Å². The average molecular weight is 348 g/mol. The third-order valence-electron chi connectivity index (χ3n) is 3.38. The number of H-pyrrole nitrogens is 1. The topological polar surface area (TPSA) is 73.3 Å². The number of benzene rings is 2. The van der Waals surface area contributed by atoms with Gasteiger partial charge in [0.2, 0.25) is 0 Å². The normalized spacial score (nSPS) is 9.58. The molecule has 0 aliphatic carbocycles. The molecule has 3 N–H and O–H groups in total. The minimum atomic E-state index is 0.0140. The van der Waals surface area contributed by atoms with E-state index in [0.29, 0.717) is 10.6 Å². The molecule has 3 rings (SSSR count). The molecule has 0 aliphatic heterocycles. The standard InChI is InChI=1S/C16H12ClNO2.C2H6.CH4O/c17-15-6-16-14(12(9-20)7-18-16)5-13(15)11-3-1-10(8-19)2-4-11;2*1-2/h1-7,9,18-19H,8H2;1-2H3;2H,1H3. The molecule has 1 heterocycles. The summed E-state index contributed by atoms with van der Waals surface area (Å²) < 4.78 is 0. The van der Waals surface area contributed by atoms with Crippen molar-refractivity contribution < 1.29 is 15.0 Å². The number of carbonyl (C=O) groups is 1. The summed E-state index contributed by atoms with van der Waals surface area (Å²) in [5.74, 6) is 0. The van der Waals surface area contributed by atoms with Crippen LogP contribution in [0.1, 0.15) is 29.8 Å². The molecule has 0 radical (unpaired) electrons. The Bertz CT molecular complexity index is 779. The van der Waals surface area contributed by atoms with Crippen molar-refractivity contribution >= 4 is 28.8 Å². The number of nitrogens with one attached hydrogen (secondary N) is 1. The fourth-order valence-electron chi connectivity index (χ4n) is 2.27. The van der Waals surface area contributed by atoms with Crippen molar-refractivity contribution in [3.05, 3.63) is 58.7 Å². The third-order valence-corrected chi connectivity index (χ3v) is 3.69. The van der Waals surface area contributed by atoms with Crippen LogP contribution < -0.4 is 0 Å². The van der Waals surface area contributed by atoms with Crippen LogP contribution in [-0.2, 0) is 6.61 Å². The molecule has 2 aromatic carbocycles. The molecule has 0 bridgehead atoms. The first kappa shape index (κ1) is 19.9. The molecule has 5 heteroatoms. The minimum absolute atomic E-state index is 0.0140. The summed E-state index contributed by atoms with van der Waals surface area (Å²) in [4.78, 5) is 14.0. The first-order chi connectivity index (χ1) is 11.7. The van der Waals surface area contributed by atoms with Gasteiger partial charge in [0.1, 0.15) is 0 Å². The van der Waals surface area contributed by atoms with Gasteiger partial charge in [-0.05, 0) is 23.3 Å². The Balaban J connectivity index is 0.000000671. The maximum absolute atomic E-state index is 11.0. The van der Waals surface area contributed by atoms with E-state index in [0.717, 1.165) is 41.0 Å². The Morgan fingerprint density at radius 2 is 1.75 bits per heavy atom. The summed E-state index contributed by atoms with van der Waals surface area (Å²) in [6, 6.07) is 11.3. The number of aliphatic hydroxyl groups is 2. The molecule has 24 heavy (non-hydrogen) atoms. The second-order valence-electron chi connectivity index (χ2n) is 4.59. The lowest BCUT2D eigenvalue weighted by Gasteiger charge is -2.06. The number of fused-ring (bicyclic) bond motifs is 1. The lowest BCUT2D eigenvalue weighted by atomic mass is 10.0. The van der Waals surface area contributed by atoms with Crippen LogP contribution in [0.4, 0.5) is 0 Å². The van der Waals surface area contributed by atoms with Crippen LogP contribution >= 0.6 is 11.6 Å². The first-order valence-electron chi connectivity index (χ1n) is 7.63.